The Morgan fingerprint density at radius 3 is 2.62 bits per heavy atom. The van der Waals surface area contributed by atoms with Gasteiger partial charge in [0.1, 0.15) is 5.69 Å². The molecule has 0 unspecified atom stereocenters. The number of aromatic amines is 1. The molecule has 0 fully saturated rings. The van der Waals surface area contributed by atoms with Gasteiger partial charge in [-0.15, -0.1) is 0 Å². The SMILES string of the molecule is O=c1[nH]c(I)cnc1CC(F)(F)F. The first kappa shape index (κ1) is 10.5. The minimum Gasteiger partial charge on any atom is -0.314 e. The normalized spacial score (nSPS) is 11.7. The van der Waals surface area contributed by atoms with Crippen molar-refractivity contribution in [2.24, 2.45) is 0 Å². The van der Waals surface area contributed by atoms with Gasteiger partial charge in [-0.3, -0.25) is 9.78 Å². The summed E-state index contributed by atoms with van der Waals surface area (Å²) in [6.45, 7) is 0. The number of alkyl halides is 3. The van der Waals surface area contributed by atoms with E-state index < -0.39 is 23.9 Å². The van der Waals surface area contributed by atoms with Gasteiger partial charge >= 0.3 is 6.18 Å². The van der Waals surface area contributed by atoms with Crippen LogP contribution in [0.3, 0.4) is 0 Å². The molecule has 0 aromatic carbocycles. The summed E-state index contributed by atoms with van der Waals surface area (Å²) in [6, 6.07) is 0. The summed E-state index contributed by atoms with van der Waals surface area (Å²) >= 11 is 1.76. The van der Waals surface area contributed by atoms with Crippen LogP contribution in [0.25, 0.3) is 0 Å². The summed E-state index contributed by atoms with van der Waals surface area (Å²) in [6.07, 6.45) is -4.50. The van der Waals surface area contributed by atoms with Gasteiger partial charge in [-0.25, -0.2) is 0 Å². The van der Waals surface area contributed by atoms with Crippen molar-refractivity contribution in [3.8, 4) is 0 Å². The van der Waals surface area contributed by atoms with Crippen LogP contribution in [0.15, 0.2) is 11.0 Å². The van der Waals surface area contributed by atoms with Crippen LogP contribution in [-0.2, 0) is 6.42 Å². The molecule has 0 aliphatic rings. The van der Waals surface area contributed by atoms with Crippen LogP contribution >= 0.6 is 22.6 Å². The Morgan fingerprint density at radius 1 is 1.54 bits per heavy atom. The summed E-state index contributed by atoms with van der Waals surface area (Å²) in [5, 5.41) is 0. The lowest BCUT2D eigenvalue weighted by Crippen LogP contribution is -2.22. The Hall–Kier alpha value is -0.600. The molecule has 0 aliphatic heterocycles. The predicted octanol–water partition coefficient (Wildman–Crippen LogP) is 1.48. The number of nitrogens with zero attached hydrogens (tertiary/aromatic N) is 1. The van der Waals surface area contributed by atoms with Crippen LogP contribution in [0.1, 0.15) is 5.69 Å². The highest BCUT2D eigenvalue weighted by Gasteiger charge is 2.29. The van der Waals surface area contributed by atoms with E-state index in [4.69, 9.17) is 0 Å². The van der Waals surface area contributed by atoms with Crippen molar-refractivity contribution in [2.45, 2.75) is 12.6 Å². The van der Waals surface area contributed by atoms with E-state index in [-0.39, 0.29) is 0 Å². The average molecular weight is 304 g/mol. The molecule has 1 aromatic rings. The van der Waals surface area contributed by atoms with Gasteiger partial charge in [0.25, 0.3) is 5.56 Å². The highest BCUT2D eigenvalue weighted by Crippen LogP contribution is 2.18. The van der Waals surface area contributed by atoms with E-state index in [0.29, 0.717) is 3.70 Å². The van der Waals surface area contributed by atoms with Crippen molar-refractivity contribution in [3.63, 3.8) is 0 Å². The number of halogens is 4. The topological polar surface area (TPSA) is 45.8 Å². The van der Waals surface area contributed by atoms with Crippen LogP contribution in [0.4, 0.5) is 13.2 Å². The fourth-order valence-corrected chi connectivity index (χ4v) is 1.11. The first-order valence-corrected chi connectivity index (χ1v) is 4.27. The first-order valence-electron chi connectivity index (χ1n) is 3.19. The second-order valence-corrected chi connectivity index (χ2v) is 3.46. The van der Waals surface area contributed by atoms with Crippen molar-refractivity contribution in [1.82, 2.24) is 9.97 Å². The summed E-state index contributed by atoms with van der Waals surface area (Å²) < 4.78 is 35.9. The van der Waals surface area contributed by atoms with Crippen LogP contribution in [0.5, 0.6) is 0 Å². The van der Waals surface area contributed by atoms with Crippen LogP contribution in [0, 0.1) is 3.70 Å². The van der Waals surface area contributed by atoms with E-state index in [0.717, 1.165) is 0 Å². The second kappa shape index (κ2) is 3.64. The standard InChI is InChI=1S/C6H4F3IN2O/c7-6(8,9)1-3-5(13)12-4(10)2-11-3/h2H,1H2,(H,12,13). The maximum absolute atomic E-state index is 11.8. The van der Waals surface area contributed by atoms with Crippen LogP contribution in [-0.4, -0.2) is 16.1 Å². The molecule has 0 amide bonds. The molecular weight excluding hydrogens is 300 g/mol. The lowest BCUT2D eigenvalue weighted by molar-refractivity contribution is -0.128. The van der Waals surface area contributed by atoms with Crippen molar-refractivity contribution in [3.05, 3.63) is 25.9 Å². The zero-order valence-corrected chi connectivity index (χ0v) is 8.31. The maximum Gasteiger partial charge on any atom is 0.394 e. The molecule has 1 aromatic heterocycles. The van der Waals surface area contributed by atoms with Crippen molar-refractivity contribution in [2.75, 3.05) is 0 Å². The molecule has 1 heterocycles. The zero-order chi connectivity index (χ0) is 10.1. The number of nitrogens with one attached hydrogen (secondary N) is 1. The fraction of sp³-hybridized carbons (Fsp3) is 0.333. The smallest absolute Gasteiger partial charge is 0.314 e. The van der Waals surface area contributed by atoms with Gasteiger partial charge in [0.15, 0.2) is 0 Å². The molecule has 1 rings (SSSR count). The summed E-state index contributed by atoms with van der Waals surface area (Å²) in [7, 11) is 0. The molecule has 13 heavy (non-hydrogen) atoms. The third kappa shape index (κ3) is 3.33. The summed E-state index contributed by atoms with van der Waals surface area (Å²) in [5.74, 6) is 0. The van der Waals surface area contributed by atoms with E-state index in [2.05, 4.69) is 9.97 Å². The molecule has 0 aliphatic carbocycles. The molecule has 0 atom stereocenters. The highest BCUT2D eigenvalue weighted by molar-refractivity contribution is 14.1. The molecular formula is C6H4F3IN2O. The average Bonchev–Trinajstić information content (AvgIpc) is 1.93. The summed E-state index contributed by atoms with van der Waals surface area (Å²) in [5.41, 5.74) is -1.29. The van der Waals surface area contributed by atoms with Crippen molar-refractivity contribution in [1.29, 1.82) is 0 Å². The molecule has 0 saturated carbocycles. The van der Waals surface area contributed by atoms with Crippen LogP contribution < -0.4 is 5.56 Å². The molecule has 0 radical (unpaired) electrons. The summed E-state index contributed by atoms with van der Waals surface area (Å²) in [4.78, 5) is 16.5. The molecule has 7 heteroatoms. The molecule has 1 N–H and O–H groups in total. The zero-order valence-electron chi connectivity index (χ0n) is 6.15. The minimum atomic E-state index is -4.40. The van der Waals surface area contributed by atoms with E-state index in [9.17, 15) is 18.0 Å². The third-order valence-electron chi connectivity index (χ3n) is 1.20. The van der Waals surface area contributed by atoms with Gasteiger partial charge in [0, 0.05) is 0 Å². The maximum atomic E-state index is 11.8. The van der Waals surface area contributed by atoms with Crippen molar-refractivity contribution < 1.29 is 13.2 Å². The minimum absolute atomic E-state index is 0.411. The van der Waals surface area contributed by atoms with E-state index in [1.165, 1.54) is 6.20 Å². The Bertz CT molecular complexity index is 360. The number of hydrogen-bond acceptors (Lipinski definition) is 2. The predicted molar refractivity (Wildman–Crippen MR) is 47.3 cm³/mol. The van der Waals surface area contributed by atoms with E-state index in [1.54, 1.807) is 22.6 Å². The van der Waals surface area contributed by atoms with Gasteiger partial charge in [0.05, 0.1) is 16.3 Å². The fourth-order valence-electron chi connectivity index (χ4n) is 0.722. The lowest BCUT2D eigenvalue weighted by atomic mass is 10.3. The molecule has 0 spiro atoms. The molecule has 3 nitrogen and oxygen atoms in total. The van der Waals surface area contributed by atoms with Crippen molar-refractivity contribution >= 4 is 22.6 Å². The Kier molecular flexibility index (Phi) is 2.94. The lowest BCUT2D eigenvalue weighted by Gasteiger charge is -2.03. The first-order chi connectivity index (χ1) is 5.88. The van der Waals surface area contributed by atoms with E-state index in [1.807, 2.05) is 0 Å². The third-order valence-corrected chi connectivity index (χ3v) is 1.74. The molecule has 0 bridgehead atoms. The Labute approximate surface area is 84.5 Å². The number of rotatable bonds is 1. The molecule has 72 valence electrons. The second-order valence-electron chi connectivity index (χ2n) is 2.30. The quantitative estimate of drug-likeness (QED) is 0.799. The largest absolute Gasteiger partial charge is 0.394 e. The van der Waals surface area contributed by atoms with Gasteiger partial charge < -0.3 is 4.98 Å². The van der Waals surface area contributed by atoms with E-state index >= 15 is 0 Å². The highest BCUT2D eigenvalue weighted by atomic mass is 127. The van der Waals surface area contributed by atoms with Gasteiger partial charge in [-0.05, 0) is 22.6 Å². The number of H-pyrrole nitrogens is 1. The van der Waals surface area contributed by atoms with Gasteiger partial charge in [-0.2, -0.15) is 13.2 Å². The number of aromatic nitrogens is 2. The van der Waals surface area contributed by atoms with Gasteiger partial charge in [-0.1, -0.05) is 0 Å². The molecule has 0 saturated heterocycles. The number of hydrogen-bond donors (Lipinski definition) is 1. The Morgan fingerprint density at radius 2 is 2.15 bits per heavy atom. The Balaban J connectivity index is 2.98. The monoisotopic (exact) mass is 304 g/mol. The van der Waals surface area contributed by atoms with Gasteiger partial charge in [0.2, 0.25) is 0 Å². The van der Waals surface area contributed by atoms with Crippen LogP contribution in [0.2, 0.25) is 0 Å².